The van der Waals surface area contributed by atoms with Gasteiger partial charge in [0, 0.05) is 12.6 Å². The average molecular weight is 260 g/mol. The summed E-state index contributed by atoms with van der Waals surface area (Å²) in [5.74, 6) is 0.843. The normalized spacial score (nSPS) is 27.2. The van der Waals surface area contributed by atoms with Crippen molar-refractivity contribution >= 4 is 10.0 Å². The molecule has 0 amide bonds. The number of sulfonamides is 1. The van der Waals surface area contributed by atoms with Gasteiger partial charge < -0.3 is 5.32 Å². The van der Waals surface area contributed by atoms with E-state index in [1.807, 2.05) is 7.05 Å². The minimum Gasteiger partial charge on any atom is -0.320 e. The topological polar surface area (TPSA) is 49.4 Å². The smallest absolute Gasteiger partial charge is 0.214 e. The summed E-state index contributed by atoms with van der Waals surface area (Å²) >= 11 is 0. The van der Waals surface area contributed by atoms with Gasteiger partial charge in [-0.05, 0) is 51.6 Å². The Bertz CT molecular complexity index is 338. The molecule has 1 N–H and O–H groups in total. The first kappa shape index (κ1) is 13.3. The van der Waals surface area contributed by atoms with Gasteiger partial charge in [-0.15, -0.1) is 0 Å². The molecule has 1 saturated carbocycles. The van der Waals surface area contributed by atoms with Crippen molar-refractivity contribution < 1.29 is 8.42 Å². The second-order valence-electron chi connectivity index (χ2n) is 5.37. The van der Waals surface area contributed by atoms with Gasteiger partial charge in [0.1, 0.15) is 0 Å². The lowest BCUT2D eigenvalue weighted by molar-refractivity contribution is 0.240. The summed E-state index contributed by atoms with van der Waals surface area (Å²) in [6, 6.07) is 0.236. The minimum absolute atomic E-state index is 0.236. The summed E-state index contributed by atoms with van der Waals surface area (Å²) in [5.41, 5.74) is 0. The molecule has 1 saturated heterocycles. The van der Waals surface area contributed by atoms with E-state index in [0.29, 0.717) is 11.7 Å². The third-order valence-electron chi connectivity index (χ3n) is 3.80. The Morgan fingerprint density at radius 1 is 1.24 bits per heavy atom. The van der Waals surface area contributed by atoms with Gasteiger partial charge in [-0.1, -0.05) is 6.42 Å². The molecule has 2 fully saturated rings. The van der Waals surface area contributed by atoms with Crippen LogP contribution in [-0.2, 0) is 10.0 Å². The lowest BCUT2D eigenvalue weighted by Crippen LogP contribution is -2.45. The summed E-state index contributed by atoms with van der Waals surface area (Å²) in [7, 11) is -1.07. The Morgan fingerprint density at radius 3 is 2.65 bits per heavy atom. The lowest BCUT2D eigenvalue weighted by Gasteiger charge is -2.34. The van der Waals surface area contributed by atoms with Gasteiger partial charge in [0.15, 0.2) is 0 Å². The molecule has 1 unspecified atom stereocenters. The Hall–Kier alpha value is -0.130. The van der Waals surface area contributed by atoms with Crippen LogP contribution in [0.5, 0.6) is 0 Å². The SMILES string of the molecule is CNCCC1CCCCN1S(=O)(=O)CC1CC1. The molecule has 4 nitrogen and oxygen atoms in total. The van der Waals surface area contributed by atoms with Crippen molar-refractivity contribution in [2.24, 2.45) is 5.92 Å². The first-order valence-electron chi connectivity index (χ1n) is 6.77. The Morgan fingerprint density at radius 2 is 2.00 bits per heavy atom. The molecule has 1 heterocycles. The molecule has 1 aliphatic carbocycles. The molecule has 0 radical (unpaired) electrons. The monoisotopic (exact) mass is 260 g/mol. The second kappa shape index (κ2) is 5.67. The van der Waals surface area contributed by atoms with Crippen molar-refractivity contribution in [3.05, 3.63) is 0 Å². The highest BCUT2D eigenvalue weighted by atomic mass is 32.2. The minimum atomic E-state index is -2.99. The predicted molar refractivity (Wildman–Crippen MR) is 69.4 cm³/mol. The summed E-state index contributed by atoms with van der Waals surface area (Å²) in [5, 5.41) is 3.12. The standard InChI is InChI=1S/C12H24N2O2S/c1-13-8-7-12-4-2-3-9-14(12)17(15,16)10-11-5-6-11/h11-13H,2-10H2,1H3. The maximum atomic E-state index is 12.3. The molecule has 100 valence electrons. The van der Waals surface area contributed by atoms with Crippen LogP contribution in [0.1, 0.15) is 38.5 Å². The molecule has 0 aromatic rings. The molecule has 0 bridgehead atoms. The first-order chi connectivity index (χ1) is 8.13. The van der Waals surface area contributed by atoms with Crippen LogP contribution >= 0.6 is 0 Å². The fourth-order valence-corrected chi connectivity index (χ4v) is 4.81. The van der Waals surface area contributed by atoms with E-state index in [0.717, 1.165) is 45.2 Å². The number of hydrogen-bond acceptors (Lipinski definition) is 3. The van der Waals surface area contributed by atoms with E-state index in [1.54, 1.807) is 4.31 Å². The predicted octanol–water partition coefficient (Wildman–Crippen LogP) is 1.19. The molecule has 5 heteroatoms. The average Bonchev–Trinajstić information content (AvgIpc) is 3.10. The highest BCUT2D eigenvalue weighted by Crippen LogP contribution is 2.33. The van der Waals surface area contributed by atoms with Crippen LogP contribution in [0.3, 0.4) is 0 Å². The maximum Gasteiger partial charge on any atom is 0.214 e. The zero-order valence-corrected chi connectivity index (χ0v) is 11.5. The molecule has 17 heavy (non-hydrogen) atoms. The number of nitrogens with zero attached hydrogens (tertiary/aromatic N) is 1. The third kappa shape index (κ3) is 3.66. The van der Waals surface area contributed by atoms with E-state index in [2.05, 4.69) is 5.32 Å². The van der Waals surface area contributed by atoms with Gasteiger partial charge in [-0.2, -0.15) is 4.31 Å². The molecule has 0 spiro atoms. The van der Waals surface area contributed by atoms with E-state index < -0.39 is 10.0 Å². The zero-order valence-electron chi connectivity index (χ0n) is 10.7. The number of hydrogen-bond donors (Lipinski definition) is 1. The third-order valence-corrected chi connectivity index (χ3v) is 5.89. The van der Waals surface area contributed by atoms with Crippen LogP contribution in [0, 0.1) is 5.92 Å². The Labute approximate surface area is 105 Å². The van der Waals surface area contributed by atoms with Crippen molar-refractivity contribution in [2.45, 2.75) is 44.6 Å². The second-order valence-corrected chi connectivity index (χ2v) is 7.34. The van der Waals surface area contributed by atoms with Gasteiger partial charge in [-0.25, -0.2) is 8.42 Å². The van der Waals surface area contributed by atoms with E-state index in [4.69, 9.17) is 0 Å². The summed E-state index contributed by atoms with van der Waals surface area (Å²) in [6.45, 7) is 1.64. The molecule has 0 aromatic heterocycles. The fraction of sp³-hybridized carbons (Fsp3) is 1.00. The molecule has 2 rings (SSSR count). The molecule has 1 aliphatic heterocycles. The molecule has 1 atom stereocenters. The zero-order chi connectivity index (χ0) is 12.3. The number of nitrogens with one attached hydrogen (secondary N) is 1. The van der Waals surface area contributed by atoms with Crippen molar-refractivity contribution in [1.82, 2.24) is 9.62 Å². The van der Waals surface area contributed by atoms with Crippen molar-refractivity contribution in [2.75, 3.05) is 25.9 Å². The van der Waals surface area contributed by atoms with Crippen LogP contribution in [0.2, 0.25) is 0 Å². The van der Waals surface area contributed by atoms with Gasteiger partial charge in [0.05, 0.1) is 5.75 Å². The van der Waals surface area contributed by atoms with Crippen molar-refractivity contribution in [3.8, 4) is 0 Å². The van der Waals surface area contributed by atoms with E-state index >= 15 is 0 Å². The maximum absolute atomic E-state index is 12.3. The van der Waals surface area contributed by atoms with Crippen LogP contribution < -0.4 is 5.32 Å². The summed E-state index contributed by atoms with van der Waals surface area (Å²) < 4.78 is 26.4. The quantitative estimate of drug-likeness (QED) is 0.780. The number of rotatable bonds is 6. The fourth-order valence-electron chi connectivity index (χ4n) is 2.62. The first-order valence-corrected chi connectivity index (χ1v) is 8.38. The van der Waals surface area contributed by atoms with Crippen LogP contribution in [0.4, 0.5) is 0 Å². The van der Waals surface area contributed by atoms with Gasteiger partial charge in [0.25, 0.3) is 0 Å². The van der Waals surface area contributed by atoms with Crippen LogP contribution in [-0.4, -0.2) is 44.7 Å². The van der Waals surface area contributed by atoms with Gasteiger partial charge in [-0.3, -0.25) is 0 Å². The Balaban J connectivity index is 1.98. The van der Waals surface area contributed by atoms with Gasteiger partial charge in [0.2, 0.25) is 10.0 Å². The molecule has 0 aromatic carbocycles. The largest absolute Gasteiger partial charge is 0.320 e. The van der Waals surface area contributed by atoms with E-state index in [9.17, 15) is 8.42 Å². The van der Waals surface area contributed by atoms with E-state index in [-0.39, 0.29) is 6.04 Å². The number of piperidine rings is 1. The van der Waals surface area contributed by atoms with Crippen LogP contribution in [0.15, 0.2) is 0 Å². The highest BCUT2D eigenvalue weighted by molar-refractivity contribution is 7.89. The van der Waals surface area contributed by atoms with Crippen molar-refractivity contribution in [3.63, 3.8) is 0 Å². The highest BCUT2D eigenvalue weighted by Gasteiger charge is 2.36. The lowest BCUT2D eigenvalue weighted by atomic mass is 10.0. The van der Waals surface area contributed by atoms with Crippen molar-refractivity contribution in [1.29, 1.82) is 0 Å². The summed E-state index contributed by atoms with van der Waals surface area (Å²) in [6.07, 6.45) is 6.39. The molecular formula is C12H24N2O2S. The Kier molecular flexibility index (Phi) is 4.44. The molecular weight excluding hydrogens is 236 g/mol. The summed E-state index contributed by atoms with van der Waals surface area (Å²) in [4.78, 5) is 0. The van der Waals surface area contributed by atoms with Crippen LogP contribution in [0.25, 0.3) is 0 Å². The van der Waals surface area contributed by atoms with E-state index in [1.165, 1.54) is 6.42 Å². The molecule has 2 aliphatic rings. The van der Waals surface area contributed by atoms with Gasteiger partial charge >= 0.3 is 0 Å².